The highest BCUT2D eigenvalue weighted by molar-refractivity contribution is 5.77. The van der Waals surface area contributed by atoms with Gasteiger partial charge in [-0.2, -0.15) is 0 Å². The predicted octanol–water partition coefficient (Wildman–Crippen LogP) is 4.89. The first-order valence-corrected chi connectivity index (χ1v) is 9.39. The summed E-state index contributed by atoms with van der Waals surface area (Å²) in [6.07, 6.45) is 9.76. The second kappa shape index (κ2) is 14.0. The molecule has 0 bridgehead atoms. The molecule has 0 spiro atoms. The van der Waals surface area contributed by atoms with Crippen LogP contribution < -0.4 is 0 Å². The lowest BCUT2D eigenvalue weighted by atomic mass is 9.95. The third kappa shape index (κ3) is 9.45. The average Bonchev–Trinajstić information content (AvgIpc) is 2.53. The first-order chi connectivity index (χ1) is 10.6. The number of hydrogen-bond acceptors (Lipinski definition) is 2. The number of carbonyl (C=O) groups is 1. The topological polar surface area (TPSA) is 29.5 Å². The van der Waals surface area contributed by atoms with Gasteiger partial charge in [-0.25, -0.2) is 0 Å². The summed E-state index contributed by atoms with van der Waals surface area (Å²) in [5.74, 6) is 1.42. The Morgan fingerprint density at radius 3 is 1.68 bits per heavy atom. The quantitative estimate of drug-likeness (QED) is 0.457. The Morgan fingerprint density at radius 1 is 0.909 bits per heavy atom. The molecule has 0 saturated carbocycles. The summed E-state index contributed by atoms with van der Waals surface area (Å²) < 4.78 is 5.09. The number of methoxy groups -OCH3 is 1. The molecule has 0 radical (unpaired) electrons. The van der Waals surface area contributed by atoms with Crippen molar-refractivity contribution in [2.45, 2.75) is 79.1 Å². The molecule has 0 aromatic carbocycles. The molecule has 0 aliphatic rings. The molecule has 3 heteroatoms. The lowest BCUT2D eigenvalue weighted by molar-refractivity contribution is -0.136. The highest BCUT2D eigenvalue weighted by Gasteiger charge is 2.21. The van der Waals surface area contributed by atoms with Crippen molar-refractivity contribution in [2.75, 3.05) is 26.8 Å². The van der Waals surface area contributed by atoms with Crippen molar-refractivity contribution in [2.24, 2.45) is 11.8 Å². The zero-order valence-electron chi connectivity index (χ0n) is 15.7. The molecule has 0 N–H and O–H groups in total. The van der Waals surface area contributed by atoms with Gasteiger partial charge >= 0.3 is 0 Å². The van der Waals surface area contributed by atoms with Gasteiger partial charge in [0.05, 0.1) is 0 Å². The summed E-state index contributed by atoms with van der Waals surface area (Å²) in [5.41, 5.74) is 0. The third-order valence-corrected chi connectivity index (χ3v) is 4.66. The lowest BCUT2D eigenvalue weighted by Gasteiger charge is -2.30. The molecule has 1 amide bonds. The van der Waals surface area contributed by atoms with Crippen LogP contribution in [0, 0.1) is 11.8 Å². The zero-order chi connectivity index (χ0) is 16.8. The molecular formula is C19H39NO2. The van der Waals surface area contributed by atoms with Gasteiger partial charge in [0.15, 0.2) is 0 Å². The van der Waals surface area contributed by atoms with E-state index in [-0.39, 0.29) is 12.5 Å². The summed E-state index contributed by atoms with van der Waals surface area (Å²) in [4.78, 5) is 14.5. The monoisotopic (exact) mass is 313 g/mol. The number of amides is 1. The van der Waals surface area contributed by atoms with E-state index in [0.717, 1.165) is 25.9 Å². The molecule has 0 heterocycles. The second-order valence-corrected chi connectivity index (χ2v) is 6.56. The van der Waals surface area contributed by atoms with Crippen molar-refractivity contribution in [1.82, 2.24) is 4.90 Å². The van der Waals surface area contributed by atoms with Crippen molar-refractivity contribution in [1.29, 1.82) is 0 Å². The van der Waals surface area contributed by atoms with Gasteiger partial charge in [-0.15, -0.1) is 0 Å². The molecule has 2 unspecified atom stereocenters. The lowest BCUT2D eigenvalue weighted by Crippen LogP contribution is -2.40. The van der Waals surface area contributed by atoms with Gasteiger partial charge in [-0.05, 0) is 24.7 Å². The number of hydrogen-bond donors (Lipinski definition) is 0. The minimum absolute atomic E-state index is 0.160. The maximum atomic E-state index is 12.4. The Bertz CT molecular complexity index is 250. The Kier molecular flexibility index (Phi) is 13.7. The van der Waals surface area contributed by atoms with Crippen LogP contribution in [0.4, 0.5) is 0 Å². The molecule has 0 aliphatic carbocycles. The van der Waals surface area contributed by atoms with Gasteiger partial charge in [0.2, 0.25) is 5.91 Å². The van der Waals surface area contributed by atoms with Crippen LogP contribution in [0.15, 0.2) is 0 Å². The molecule has 3 nitrogen and oxygen atoms in total. The number of ether oxygens (including phenoxy) is 1. The van der Waals surface area contributed by atoms with Crippen LogP contribution >= 0.6 is 0 Å². The van der Waals surface area contributed by atoms with Gasteiger partial charge in [-0.3, -0.25) is 4.79 Å². The summed E-state index contributed by atoms with van der Waals surface area (Å²) >= 11 is 0. The van der Waals surface area contributed by atoms with Gasteiger partial charge < -0.3 is 9.64 Å². The maximum Gasteiger partial charge on any atom is 0.248 e. The first kappa shape index (κ1) is 21.4. The van der Waals surface area contributed by atoms with Crippen LogP contribution in [0.1, 0.15) is 79.1 Å². The van der Waals surface area contributed by atoms with Crippen molar-refractivity contribution < 1.29 is 9.53 Å². The van der Waals surface area contributed by atoms with E-state index in [4.69, 9.17) is 4.74 Å². The van der Waals surface area contributed by atoms with Crippen molar-refractivity contribution in [3.05, 3.63) is 0 Å². The molecule has 2 atom stereocenters. The first-order valence-electron chi connectivity index (χ1n) is 9.39. The average molecular weight is 314 g/mol. The van der Waals surface area contributed by atoms with Gasteiger partial charge in [0.1, 0.15) is 6.61 Å². The summed E-state index contributed by atoms with van der Waals surface area (Å²) in [6.45, 7) is 11.0. The van der Waals surface area contributed by atoms with Crippen molar-refractivity contribution >= 4 is 5.91 Å². The van der Waals surface area contributed by atoms with Crippen LogP contribution in [0.5, 0.6) is 0 Å². The number of nitrogens with zero attached hydrogens (tertiary/aromatic N) is 1. The zero-order valence-corrected chi connectivity index (χ0v) is 15.7. The minimum atomic E-state index is 0.160. The largest absolute Gasteiger partial charge is 0.375 e. The fourth-order valence-electron chi connectivity index (χ4n) is 2.95. The van der Waals surface area contributed by atoms with E-state index < -0.39 is 0 Å². The van der Waals surface area contributed by atoms with E-state index in [0.29, 0.717) is 11.8 Å². The van der Waals surface area contributed by atoms with E-state index in [1.165, 1.54) is 38.5 Å². The summed E-state index contributed by atoms with van der Waals surface area (Å²) in [5, 5.41) is 0. The molecule has 132 valence electrons. The molecule has 0 aromatic heterocycles. The van der Waals surface area contributed by atoms with Crippen LogP contribution in [0.2, 0.25) is 0 Å². The van der Waals surface area contributed by atoms with E-state index in [2.05, 4.69) is 32.6 Å². The Hall–Kier alpha value is -0.570. The van der Waals surface area contributed by atoms with Crippen LogP contribution in [0.25, 0.3) is 0 Å². The van der Waals surface area contributed by atoms with Gasteiger partial charge in [-0.1, -0.05) is 66.2 Å². The molecule has 0 aromatic rings. The molecule has 0 saturated heterocycles. The van der Waals surface area contributed by atoms with Gasteiger partial charge in [0.25, 0.3) is 0 Å². The molecule has 0 rings (SSSR count). The number of carbonyl (C=O) groups excluding carboxylic acids is 1. The summed E-state index contributed by atoms with van der Waals surface area (Å²) in [7, 11) is 1.61. The van der Waals surface area contributed by atoms with E-state index in [1.807, 2.05) is 0 Å². The fraction of sp³-hybridized carbons (Fsp3) is 0.947. The van der Waals surface area contributed by atoms with Crippen LogP contribution in [0.3, 0.4) is 0 Å². The highest BCUT2D eigenvalue weighted by atomic mass is 16.5. The SMILES string of the molecule is CCCCC(CC)CN(CC(CC)CCCC)C(=O)COC. The van der Waals surface area contributed by atoms with Crippen molar-refractivity contribution in [3.8, 4) is 0 Å². The van der Waals surface area contributed by atoms with E-state index >= 15 is 0 Å². The Labute approximate surface area is 138 Å². The molecular weight excluding hydrogens is 274 g/mol. The third-order valence-electron chi connectivity index (χ3n) is 4.66. The standard InChI is InChI=1S/C19H39NO2/c1-6-10-12-17(8-3)14-20(19(21)16-22-5)15-18(9-4)13-11-7-2/h17-18H,6-16H2,1-5H3. The van der Waals surface area contributed by atoms with Crippen LogP contribution in [-0.4, -0.2) is 37.6 Å². The highest BCUT2D eigenvalue weighted by Crippen LogP contribution is 2.19. The molecule has 0 aliphatic heterocycles. The Morgan fingerprint density at radius 2 is 1.36 bits per heavy atom. The maximum absolute atomic E-state index is 12.4. The smallest absolute Gasteiger partial charge is 0.248 e. The van der Waals surface area contributed by atoms with Gasteiger partial charge in [0, 0.05) is 20.2 Å². The Balaban J connectivity index is 4.67. The van der Waals surface area contributed by atoms with E-state index in [9.17, 15) is 4.79 Å². The predicted molar refractivity (Wildman–Crippen MR) is 95.1 cm³/mol. The normalized spacial score (nSPS) is 13.9. The second-order valence-electron chi connectivity index (χ2n) is 6.56. The molecule has 0 fully saturated rings. The van der Waals surface area contributed by atoms with Crippen molar-refractivity contribution in [3.63, 3.8) is 0 Å². The van der Waals surface area contributed by atoms with Crippen LogP contribution in [-0.2, 0) is 9.53 Å². The number of rotatable bonds is 14. The minimum Gasteiger partial charge on any atom is -0.375 e. The number of unbranched alkanes of at least 4 members (excludes halogenated alkanes) is 2. The van der Waals surface area contributed by atoms with E-state index in [1.54, 1.807) is 7.11 Å². The summed E-state index contributed by atoms with van der Waals surface area (Å²) in [6, 6.07) is 0. The fourth-order valence-corrected chi connectivity index (χ4v) is 2.95. The molecule has 22 heavy (non-hydrogen) atoms.